The van der Waals surface area contributed by atoms with Gasteiger partial charge in [0.25, 0.3) is 5.91 Å². The fourth-order valence-corrected chi connectivity index (χ4v) is 5.00. The van der Waals surface area contributed by atoms with Crippen LogP contribution in [0.25, 0.3) is 0 Å². The van der Waals surface area contributed by atoms with Crippen molar-refractivity contribution in [1.29, 1.82) is 0 Å². The first-order valence-electron chi connectivity index (χ1n) is 9.40. The molecule has 4 rings (SSSR count). The molecule has 0 saturated carbocycles. The number of carbonyl (C=O) groups is 2. The van der Waals surface area contributed by atoms with Crippen molar-refractivity contribution >= 4 is 58.2 Å². The normalized spacial score (nSPS) is 15.8. The van der Waals surface area contributed by atoms with E-state index in [1.807, 2.05) is 42.5 Å². The number of methoxy groups -OCH3 is 1. The van der Waals surface area contributed by atoms with E-state index in [1.54, 1.807) is 42.0 Å². The Morgan fingerprint density at radius 2 is 1.87 bits per heavy atom. The molecule has 158 valence electrons. The highest BCUT2D eigenvalue weighted by atomic mass is 35.5. The van der Waals surface area contributed by atoms with E-state index in [0.717, 1.165) is 17.0 Å². The molecule has 31 heavy (non-hydrogen) atoms. The maximum atomic E-state index is 12.7. The van der Waals surface area contributed by atoms with Crippen molar-refractivity contribution in [2.75, 3.05) is 23.1 Å². The highest BCUT2D eigenvalue weighted by Gasteiger charge is 2.34. The Hall–Kier alpha value is -2.67. The van der Waals surface area contributed by atoms with Gasteiger partial charge in [-0.25, -0.2) is 0 Å². The minimum Gasteiger partial charge on any atom is -0.497 e. The van der Waals surface area contributed by atoms with Gasteiger partial charge in [0.15, 0.2) is 0 Å². The van der Waals surface area contributed by atoms with Gasteiger partial charge in [-0.3, -0.25) is 14.5 Å². The number of amides is 2. The fraction of sp³-hybridized carbons (Fsp3) is 0.130. The predicted octanol–water partition coefficient (Wildman–Crippen LogP) is 6.03. The molecule has 3 aromatic rings. The van der Waals surface area contributed by atoms with E-state index in [4.69, 9.17) is 27.9 Å². The quantitative estimate of drug-likeness (QED) is 0.492. The molecule has 0 spiro atoms. The van der Waals surface area contributed by atoms with Gasteiger partial charge in [-0.2, -0.15) is 0 Å². The van der Waals surface area contributed by atoms with Gasteiger partial charge in [0.1, 0.15) is 11.1 Å². The van der Waals surface area contributed by atoms with Crippen LogP contribution in [0.2, 0.25) is 10.0 Å². The van der Waals surface area contributed by atoms with Crippen LogP contribution in [0.4, 0.5) is 11.4 Å². The second kappa shape index (κ2) is 9.22. The SMILES string of the molecule is COc1ccc(N2C(=O)CS[C@H]2c2cccc(NC(=O)c3ccc(Cl)cc3Cl)c2)cc1. The Labute approximate surface area is 194 Å². The smallest absolute Gasteiger partial charge is 0.257 e. The average molecular weight is 473 g/mol. The van der Waals surface area contributed by atoms with Crippen LogP contribution >= 0.6 is 35.0 Å². The Morgan fingerprint density at radius 3 is 2.58 bits per heavy atom. The Kier molecular flexibility index (Phi) is 6.41. The summed E-state index contributed by atoms with van der Waals surface area (Å²) in [7, 11) is 1.60. The maximum absolute atomic E-state index is 12.7. The highest BCUT2D eigenvalue weighted by molar-refractivity contribution is 8.00. The van der Waals surface area contributed by atoms with Crippen LogP contribution in [0.3, 0.4) is 0 Å². The maximum Gasteiger partial charge on any atom is 0.257 e. The van der Waals surface area contributed by atoms with E-state index in [1.165, 1.54) is 6.07 Å². The summed E-state index contributed by atoms with van der Waals surface area (Å²) < 4.78 is 5.21. The zero-order chi connectivity index (χ0) is 22.0. The van der Waals surface area contributed by atoms with Crippen molar-refractivity contribution in [3.8, 4) is 5.75 Å². The molecule has 0 unspecified atom stereocenters. The third-order valence-corrected chi connectivity index (χ3v) is 6.58. The molecule has 0 bridgehead atoms. The molecule has 2 amide bonds. The number of rotatable bonds is 5. The van der Waals surface area contributed by atoms with E-state index >= 15 is 0 Å². The van der Waals surface area contributed by atoms with Gasteiger partial charge in [0, 0.05) is 16.4 Å². The molecule has 1 fully saturated rings. The summed E-state index contributed by atoms with van der Waals surface area (Å²) >= 11 is 13.6. The Bertz CT molecular complexity index is 1140. The summed E-state index contributed by atoms with van der Waals surface area (Å²) in [4.78, 5) is 27.0. The molecule has 0 aromatic heterocycles. The summed E-state index contributed by atoms with van der Waals surface area (Å²) in [6, 6.07) is 19.6. The van der Waals surface area contributed by atoms with Crippen LogP contribution < -0.4 is 15.0 Å². The number of hydrogen-bond donors (Lipinski definition) is 1. The molecular formula is C23H18Cl2N2O3S. The molecule has 1 saturated heterocycles. The van der Waals surface area contributed by atoms with Crippen molar-refractivity contribution in [2.45, 2.75) is 5.37 Å². The first-order chi connectivity index (χ1) is 15.0. The van der Waals surface area contributed by atoms with Crippen LogP contribution in [0.5, 0.6) is 5.75 Å². The third-order valence-electron chi connectivity index (χ3n) is 4.82. The van der Waals surface area contributed by atoms with E-state index in [2.05, 4.69) is 5.32 Å². The molecule has 1 heterocycles. The number of hydrogen-bond acceptors (Lipinski definition) is 4. The van der Waals surface area contributed by atoms with Crippen molar-refractivity contribution < 1.29 is 14.3 Å². The van der Waals surface area contributed by atoms with Gasteiger partial charge in [0.05, 0.1) is 23.4 Å². The monoisotopic (exact) mass is 472 g/mol. The van der Waals surface area contributed by atoms with Crippen LogP contribution in [0.1, 0.15) is 21.3 Å². The molecule has 0 radical (unpaired) electrons. The number of nitrogens with zero attached hydrogens (tertiary/aromatic N) is 1. The van der Waals surface area contributed by atoms with E-state index < -0.39 is 0 Å². The molecule has 5 nitrogen and oxygen atoms in total. The summed E-state index contributed by atoms with van der Waals surface area (Å²) in [5, 5.41) is 3.41. The van der Waals surface area contributed by atoms with Gasteiger partial charge in [-0.15, -0.1) is 11.8 Å². The fourth-order valence-electron chi connectivity index (χ4n) is 3.33. The molecule has 8 heteroatoms. The zero-order valence-corrected chi connectivity index (χ0v) is 18.8. The number of halogens is 2. The number of anilines is 2. The highest BCUT2D eigenvalue weighted by Crippen LogP contribution is 2.42. The van der Waals surface area contributed by atoms with Crippen LogP contribution in [0, 0.1) is 0 Å². The van der Waals surface area contributed by atoms with Gasteiger partial charge < -0.3 is 10.1 Å². The molecule has 0 aliphatic carbocycles. The first kappa shape index (κ1) is 21.6. The molecule has 3 aromatic carbocycles. The van der Waals surface area contributed by atoms with Crippen molar-refractivity contribution in [1.82, 2.24) is 0 Å². The number of benzene rings is 3. The molecule has 1 aliphatic rings. The molecule has 1 atom stereocenters. The standard InChI is InChI=1S/C23H18Cl2N2O3S/c1-30-18-8-6-17(7-9-18)27-21(28)13-31-23(27)14-3-2-4-16(11-14)26-22(29)19-10-5-15(24)12-20(19)25/h2-12,23H,13H2,1H3,(H,26,29)/t23-/m0/s1. The number of thioether (sulfide) groups is 1. The zero-order valence-electron chi connectivity index (χ0n) is 16.5. The second-order valence-corrected chi connectivity index (χ2v) is 8.74. The summed E-state index contributed by atoms with van der Waals surface area (Å²) in [6.07, 6.45) is 0. The number of carbonyl (C=O) groups excluding carboxylic acids is 2. The molecular weight excluding hydrogens is 455 g/mol. The second-order valence-electron chi connectivity index (χ2n) is 6.83. The average Bonchev–Trinajstić information content (AvgIpc) is 3.15. The van der Waals surface area contributed by atoms with Gasteiger partial charge in [0.2, 0.25) is 5.91 Å². The summed E-state index contributed by atoms with van der Waals surface area (Å²) in [5.74, 6) is 0.807. The van der Waals surface area contributed by atoms with Crippen molar-refractivity contribution in [3.63, 3.8) is 0 Å². The Balaban J connectivity index is 1.57. The first-order valence-corrected chi connectivity index (χ1v) is 11.2. The van der Waals surface area contributed by atoms with Gasteiger partial charge >= 0.3 is 0 Å². The minimum absolute atomic E-state index is 0.0301. The third kappa shape index (κ3) is 4.66. The van der Waals surface area contributed by atoms with E-state index in [9.17, 15) is 9.59 Å². The number of nitrogens with one attached hydrogen (secondary N) is 1. The predicted molar refractivity (Wildman–Crippen MR) is 127 cm³/mol. The largest absolute Gasteiger partial charge is 0.497 e. The van der Waals surface area contributed by atoms with E-state index in [0.29, 0.717) is 22.0 Å². The lowest BCUT2D eigenvalue weighted by molar-refractivity contribution is -0.115. The van der Waals surface area contributed by atoms with Gasteiger partial charge in [-0.1, -0.05) is 35.3 Å². The topological polar surface area (TPSA) is 58.6 Å². The van der Waals surface area contributed by atoms with Crippen LogP contribution in [0.15, 0.2) is 66.7 Å². The lowest BCUT2D eigenvalue weighted by Gasteiger charge is -2.25. The van der Waals surface area contributed by atoms with Gasteiger partial charge in [-0.05, 0) is 60.2 Å². The van der Waals surface area contributed by atoms with Crippen molar-refractivity contribution in [3.05, 3.63) is 87.9 Å². The minimum atomic E-state index is -0.332. The molecule has 1 N–H and O–H groups in total. The molecule has 1 aliphatic heterocycles. The van der Waals surface area contributed by atoms with Crippen molar-refractivity contribution in [2.24, 2.45) is 0 Å². The van der Waals surface area contributed by atoms with Crippen LogP contribution in [-0.4, -0.2) is 24.7 Å². The Morgan fingerprint density at radius 1 is 1.10 bits per heavy atom. The summed E-state index contributed by atoms with van der Waals surface area (Å²) in [5.41, 5.74) is 2.65. The lowest BCUT2D eigenvalue weighted by atomic mass is 10.1. The van der Waals surface area contributed by atoms with E-state index in [-0.39, 0.29) is 22.2 Å². The number of ether oxygens (including phenoxy) is 1. The summed E-state index contributed by atoms with van der Waals surface area (Å²) in [6.45, 7) is 0. The van der Waals surface area contributed by atoms with Crippen LogP contribution in [-0.2, 0) is 4.79 Å². The lowest BCUT2D eigenvalue weighted by Crippen LogP contribution is -2.27.